The molecular weight excluding hydrogens is 216 g/mol. The van der Waals surface area contributed by atoms with Crippen molar-refractivity contribution in [2.45, 2.75) is 25.3 Å². The molecule has 1 unspecified atom stereocenters. The van der Waals surface area contributed by atoms with Crippen molar-refractivity contribution in [3.63, 3.8) is 0 Å². The number of carbonyl (C=O) groups is 1. The SMILES string of the molecule is O=C(c1ccoc1)N1CCC(N2CCCC2)C1. The Balaban J connectivity index is 1.62. The maximum absolute atomic E-state index is 12.1. The zero-order chi connectivity index (χ0) is 11.7. The number of rotatable bonds is 2. The van der Waals surface area contributed by atoms with Crippen LogP contribution < -0.4 is 0 Å². The van der Waals surface area contributed by atoms with Gasteiger partial charge in [-0.1, -0.05) is 0 Å². The molecule has 2 saturated heterocycles. The third-order valence-electron chi connectivity index (χ3n) is 3.88. The molecule has 3 rings (SSSR count). The van der Waals surface area contributed by atoms with Gasteiger partial charge < -0.3 is 9.32 Å². The van der Waals surface area contributed by atoms with E-state index < -0.39 is 0 Å². The van der Waals surface area contributed by atoms with Gasteiger partial charge in [0, 0.05) is 19.1 Å². The topological polar surface area (TPSA) is 36.7 Å². The van der Waals surface area contributed by atoms with Gasteiger partial charge >= 0.3 is 0 Å². The van der Waals surface area contributed by atoms with Crippen LogP contribution in [0.25, 0.3) is 0 Å². The van der Waals surface area contributed by atoms with Crippen molar-refractivity contribution in [3.8, 4) is 0 Å². The van der Waals surface area contributed by atoms with Crippen molar-refractivity contribution in [1.29, 1.82) is 0 Å². The van der Waals surface area contributed by atoms with E-state index in [1.165, 1.54) is 32.2 Å². The first kappa shape index (κ1) is 10.8. The number of carbonyl (C=O) groups excluding carboxylic acids is 1. The Bertz CT molecular complexity index is 382. The lowest BCUT2D eigenvalue weighted by Crippen LogP contribution is -2.37. The van der Waals surface area contributed by atoms with Crippen LogP contribution in [0.3, 0.4) is 0 Å². The summed E-state index contributed by atoms with van der Waals surface area (Å²) in [5.41, 5.74) is 0.673. The lowest BCUT2D eigenvalue weighted by molar-refractivity contribution is 0.0779. The summed E-state index contributed by atoms with van der Waals surface area (Å²) in [5, 5.41) is 0. The first-order chi connectivity index (χ1) is 8.34. The summed E-state index contributed by atoms with van der Waals surface area (Å²) in [4.78, 5) is 16.6. The number of amides is 1. The normalized spacial score (nSPS) is 25.6. The second-order valence-corrected chi connectivity index (χ2v) is 4.95. The van der Waals surface area contributed by atoms with Crippen molar-refractivity contribution in [3.05, 3.63) is 24.2 Å². The van der Waals surface area contributed by atoms with Crippen LogP contribution in [0, 0.1) is 0 Å². The molecule has 2 aliphatic rings. The van der Waals surface area contributed by atoms with Crippen LogP contribution in [-0.2, 0) is 0 Å². The maximum Gasteiger partial charge on any atom is 0.257 e. The van der Waals surface area contributed by atoms with Crippen molar-refractivity contribution in [2.24, 2.45) is 0 Å². The Hall–Kier alpha value is -1.29. The quantitative estimate of drug-likeness (QED) is 0.779. The Morgan fingerprint density at radius 3 is 2.82 bits per heavy atom. The maximum atomic E-state index is 12.1. The molecule has 0 bridgehead atoms. The zero-order valence-electron chi connectivity index (χ0n) is 9.97. The van der Waals surface area contributed by atoms with Gasteiger partial charge in [-0.05, 0) is 38.4 Å². The molecular formula is C13H18N2O2. The Morgan fingerprint density at radius 2 is 2.12 bits per heavy atom. The largest absolute Gasteiger partial charge is 0.472 e. The summed E-state index contributed by atoms with van der Waals surface area (Å²) in [6.45, 7) is 4.17. The van der Waals surface area contributed by atoms with Gasteiger partial charge in [0.1, 0.15) is 6.26 Å². The molecule has 0 spiro atoms. The van der Waals surface area contributed by atoms with Crippen LogP contribution in [0.4, 0.5) is 0 Å². The van der Waals surface area contributed by atoms with Crippen LogP contribution in [0.1, 0.15) is 29.6 Å². The minimum Gasteiger partial charge on any atom is -0.472 e. The summed E-state index contributed by atoms with van der Waals surface area (Å²) in [5.74, 6) is 0.112. The minimum absolute atomic E-state index is 0.112. The van der Waals surface area contributed by atoms with Gasteiger partial charge in [0.15, 0.2) is 0 Å². The van der Waals surface area contributed by atoms with E-state index in [0.717, 1.165) is 19.5 Å². The zero-order valence-corrected chi connectivity index (χ0v) is 9.97. The van der Waals surface area contributed by atoms with E-state index in [4.69, 9.17) is 4.42 Å². The summed E-state index contributed by atoms with van der Waals surface area (Å²) in [6.07, 6.45) is 6.83. The van der Waals surface area contributed by atoms with Crippen molar-refractivity contribution in [1.82, 2.24) is 9.80 Å². The molecule has 17 heavy (non-hydrogen) atoms. The molecule has 1 amide bonds. The predicted molar refractivity (Wildman–Crippen MR) is 63.8 cm³/mol. The molecule has 1 aromatic heterocycles. The summed E-state index contributed by atoms with van der Waals surface area (Å²) < 4.78 is 4.96. The third-order valence-corrected chi connectivity index (χ3v) is 3.88. The fourth-order valence-corrected chi connectivity index (χ4v) is 2.90. The van der Waals surface area contributed by atoms with E-state index in [9.17, 15) is 4.79 Å². The Kier molecular flexibility index (Phi) is 2.89. The highest BCUT2D eigenvalue weighted by Gasteiger charge is 2.32. The lowest BCUT2D eigenvalue weighted by Gasteiger charge is -2.23. The molecule has 4 nitrogen and oxygen atoms in total. The Labute approximate surface area is 101 Å². The molecule has 0 aliphatic carbocycles. The molecule has 3 heterocycles. The number of hydrogen-bond donors (Lipinski definition) is 0. The van der Waals surface area contributed by atoms with E-state index in [1.807, 2.05) is 4.90 Å². The number of likely N-dealkylation sites (tertiary alicyclic amines) is 2. The van der Waals surface area contributed by atoms with E-state index in [1.54, 1.807) is 12.3 Å². The molecule has 1 aromatic rings. The van der Waals surface area contributed by atoms with Gasteiger partial charge in [0.05, 0.1) is 11.8 Å². The van der Waals surface area contributed by atoms with Gasteiger partial charge in [-0.15, -0.1) is 0 Å². The molecule has 0 radical (unpaired) electrons. The van der Waals surface area contributed by atoms with E-state index in [2.05, 4.69) is 4.90 Å². The van der Waals surface area contributed by atoms with E-state index in [0.29, 0.717) is 11.6 Å². The molecule has 92 valence electrons. The second-order valence-electron chi connectivity index (χ2n) is 4.95. The molecule has 4 heteroatoms. The van der Waals surface area contributed by atoms with Gasteiger partial charge in [-0.25, -0.2) is 0 Å². The molecule has 0 aromatic carbocycles. The van der Waals surface area contributed by atoms with Crippen LogP contribution in [0.5, 0.6) is 0 Å². The van der Waals surface area contributed by atoms with E-state index in [-0.39, 0.29) is 5.91 Å². The second kappa shape index (κ2) is 4.53. The summed E-state index contributed by atoms with van der Waals surface area (Å²) in [7, 11) is 0. The Morgan fingerprint density at radius 1 is 1.29 bits per heavy atom. The molecule has 1 atom stereocenters. The van der Waals surface area contributed by atoms with Crippen LogP contribution in [0.15, 0.2) is 23.0 Å². The fourth-order valence-electron chi connectivity index (χ4n) is 2.90. The van der Waals surface area contributed by atoms with Crippen LogP contribution >= 0.6 is 0 Å². The monoisotopic (exact) mass is 234 g/mol. The minimum atomic E-state index is 0.112. The van der Waals surface area contributed by atoms with Crippen LogP contribution in [-0.4, -0.2) is 47.9 Å². The van der Waals surface area contributed by atoms with Gasteiger partial charge in [0.2, 0.25) is 0 Å². The highest BCUT2D eigenvalue weighted by molar-refractivity contribution is 5.94. The molecule has 0 saturated carbocycles. The lowest BCUT2D eigenvalue weighted by atomic mass is 10.2. The summed E-state index contributed by atoms with van der Waals surface area (Å²) >= 11 is 0. The highest BCUT2D eigenvalue weighted by Crippen LogP contribution is 2.21. The van der Waals surface area contributed by atoms with Gasteiger partial charge in [0.25, 0.3) is 5.91 Å². The average Bonchev–Trinajstić information content (AvgIpc) is 3.09. The van der Waals surface area contributed by atoms with Gasteiger partial charge in [-0.2, -0.15) is 0 Å². The fraction of sp³-hybridized carbons (Fsp3) is 0.615. The first-order valence-corrected chi connectivity index (χ1v) is 6.40. The third kappa shape index (κ3) is 2.09. The highest BCUT2D eigenvalue weighted by atomic mass is 16.3. The van der Waals surface area contributed by atoms with Crippen molar-refractivity contribution in [2.75, 3.05) is 26.2 Å². The number of nitrogens with zero attached hydrogens (tertiary/aromatic N) is 2. The smallest absolute Gasteiger partial charge is 0.257 e. The molecule has 0 N–H and O–H groups in total. The summed E-state index contributed by atoms with van der Waals surface area (Å²) in [6, 6.07) is 2.32. The average molecular weight is 234 g/mol. The van der Waals surface area contributed by atoms with Gasteiger partial charge in [-0.3, -0.25) is 9.69 Å². The predicted octanol–water partition coefficient (Wildman–Crippen LogP) is 1.59. The molecule has 2 fully saturated rings. The van der Waals surface area contributed by atoms with Crippen molar-refractivity contribution < 1.29 is 9.21 Å². The van der Waals surface area contributed by atoms with Crippen LogP contribution in [0.2, 0.25) is 0 Å². The van der Waals surface area contributed by atoms with Crippen molar-refractivity contribution >= 4 is 5.91 Å². The molecule has 2 aliphatic heterocycles. The van der Waals surface area contributed by atoms with E-state index >= 15 is 0 Å². The number of furan rings is 1. The number of hydrogen-bond acceptors (Lipinski definition) is 3. The standard InChI is InChI=1S/C13H18N2O2/c16-13(11-4-8-17-10-11)15-7-3-12(9-15)14-5-1-2-6-14/h4,8,10,12H,1-3,5-7,9H2. The first-order valence-electron chi connectivity index (χ1n) is 6.40.